The zero-order valence-electron chi connectivity index (χ0n) is 8.95. The van der Waals surface area contributed by atoms with Crippen LogP contribution in [0.3, 0.4) is 0 Å². The first-order valence-corrected chi connectivity index (χ1v) is 4.75. The van der Waals surface area contributed by atoms with Gasteiger partial charge in [-0.25, -0.2) is 9.97 Å². The summed E-state index contributed by atoms with van der Waals surface area (Å²) in [4.78, 5) is 8.19. The van der Waals surface area contributed by atoms with Gasteiger partial charge in [0.05, 0.1) is 0 Å². The summed E-state index contributed by atoms with van der Waals surface area (Å²) in [5, 5.41) is 11.7. The number of nitrogens with zero attached hydrogens (tertiary/aromatic N) is 3. The quantitative estimate of drug-likeness (QED) is 0.730. The molecule has 0 saturated carbocycles. The Morgan fingerprint density at radius 3 is 3.00 bits per heavy atom. The normalized spacial score (nSPS) is 9.67. The van der Waals surface area contributed by atoms with Crippen LogP contribution >= 0.6 is 0 Å². The second-order valence-electron chi connectivity index (χ2n) is 3.10. The molecule has 0 saturated heterocycles. The van der Waals surface area contributed by atoms with Crippen molar-refractivity contribution in [3.05, 3.63) is 17.5 Å². The molecule has 5 heteroatoms. The maximum absolute atomic E-state index is 8.71. The van der Waals surface area contributed by atoms with Crippen molar-refractivity contribution in [2.24, 2.45) is 0 Å². The molecule has 1 N–H and O–H groups in total. The van der Waals surface area contributed by atoms with Gasteiger partial charge < -0.3 is 10.1 Å². The Balaban J connectivity index is 2.54. The molecule has 0 aliphatic rings. The number of nitriles is 1. The Kier molecular flexibility index (Phi) is 4.51. The lowest BCUT2D eigenvalue weighted by Gasteiger charge is -2.04. The fourth-order valence-electron chi connectivity index (χ4n) is 1.12. The summed E-state index contributed by atoms with van der Waals surface area (Å²) >= 11 is 0. The minimum absolute atomic E-state index is 0.386. The number of hydrogen-bond acceptors (Lipinski definition) is 5. The maximum Gasteiger partial charge on any atom is 0.224 e. The fraction of sp³-hybridized carbons (Fsp3) is 0.500. The number of hydrogen-bond donors (Lipinski definition) is 1. The molecule has 0 radical (unpaired) electrons. The highest BCUT2D eigenvalue weighted by Gasteiger charge is 2.00. The second-order valence-corrected chi connectivity index (χ2v) is 3.10. The molecule has 5 nitrogen and oxygen atoms in total. The van der Waals surface area contributed by atoms with Crippen molar-refractivity contribution in [1.82, 2.24) is 9.97 Å². The van der Waals surface area contributed by atoms with Crippen LogP contribution in [-0.2, 0) is 4.74 Å². The van der Waals surface area contributed by atoms with Gasteiger partial charge in [-0.1, -0.05) is 0 Å². The van der Waals surface area contributed by atoms with Crippen LogP contribution in [0.25, 0.3) is 0 Å². The van der Waals surface area contributed by atoms with Crippen molar-refractivity contribution in [3.63, 3.8) is 0 Å². The van der Waals surface area contributed by atoms with Gasteiger partial charge in [0, 0.05) is 26.0 Å². The van der Waals surface area contributed by atoms with Crippen LogP contribution in [0.4, 0.5) is 5.95 Å². The van der Waals surface area contributed by atoms with Crippen LogP contribution in [0.15, 0.2) is 6.07 Å². The van der Waals surface area contributed by atoms with E-state index in [0.717, 1.165) is 18.7 Å². The third kappa shape index (κ3) is 3.92. The van der Waals surface area contributed by atoms with Crippen LogP contribution in [0.2, 0.25) is 0 Å². The van der Waals surface area contributed by atoms with Crippen molar-refractivity contribution in [2.45, 2.75) is 13.3 Å². The third-order valence-electron chi connectivity index (χ3n) is 1.78. The highest BCUT2D eigenvalue weighted by molar-refractivity contribution is 5.32. The molecule has 1 aromatic rings. The van der Waals surface area contributed by atoms with E-state index < -0.39 is 0 Å². The summed E-state index contributed by atoms with van der Waals surface area (Å²) < 4.78 is 4.92. The molecule has 1 rings (SSSR count). The maximum atomic E-state index is 8.71. The molecule has 0 bridgehead atoms. The average Bonchev–Trinajstić information content (AvgIpc) is 2.23. The number of methoxy groups -OCH3 is 1. The highest BCUT2D eigenvalue weighted by atomic mass is 16.5. The van der Waals surface area contributed by atoms with Gasteiger partial charge in [0.15, 0.2) is 0 Å². The minimum atomic E-state index is 0.386. The number of ether oxygens (including phenoxy) is 1. The zero-order chi connectivity index (χ0) is 11.1. The Labute approximate surface area is 89.1 Å². The van der Waals surface area contributed by atoms with E-state index in [4.69, 9.17) is 10.00 Å². The summed E-state index contributed by atoms with van der Waals surface area (Å²) in [7, 11) is 1.66. The second kappa shape index (κ2) is 5.94. The first-order valence-electron chi connectivity index (χ1n) is 4.75. The predicted molar refractivity (Wildman–Crippen MR) is 56.5 cm³/mol. The average molecular weight is 206 g/mol. The molecule has 0 aliphatic carbocycles. The number of aryl methyl sites for hydroxylation is 1. The Bertz CT molecular complexity index is 359. The van der Waals surface area contributed by atoms with E-state index in [1.165, 1.54) is 0 Å². The van der Waals surface area contributed by atoms with Crippen molar-refractivity contribution < 1.29 is 4.74 Å². The SMILES string of the molecule is COCCCNc1nc(C)cc(C#N)n1. The van der Waals surface area contributed by atoms with E-state index in [1.54, 1.807) is 13.2 Å². The Morgan fingerprint density at radius 1 is 1.53 bits per heavy atom. The van der Waals surface area contributed by atoms with Gasteiger partial charge in [-0.15, -0.1) is 0 Å². The Hall–Kier alpha value is -1.67. The number of nitrogens with one attached hydrogen (secondary N) is 1. The summed E-state index contributed by atoms with van der Waals surface area (Å²) in [5.41, 5.74) is 1.17. The van der Waals surface area contributed by atoms with Crippen LogP contribution in [0, 0.1) is 18.3 Å². The zero-order valence-corrected chi connectivity index (χ0v) is 8.95. The van der Waals surface area contributed by atoms with Gasteiger partial charge in [0.1, 0.15) is 11.8 Å². The summed E-state index contributed by atoms with van der Waals surface area (Å²) in [6, 6.07) is 3.65. The summed E-state index contributed by atoms with van der Waals surface area (Å²) in [6.07, 6.45) is 0.885. The molecular formula is C10H14N4O. The molecule has 1 aromatic heterocycles. The first kappa shape index (κ1) is 11.4. The largest absolute Gasteiger partial charge is 0.385 e. The molecular weight excluding hydrogens is 192 g/mol. The van der Waals surface area contributed by atoms with Gasteiger partial charge >= 0.3 is 0 Å². The van der Waals surface area contributed by atoms with E-state index in [9.17, 15) is 0 Å². The first-order chi connectivity index (χ1) is 7.26. The lowest BCUT2D eigenvalue weighted by molar-refractivity contribution is 0.197. The highest BCUT2D eigenvalue weighted by Crippen LogP contribution is 2.03. The molecule has 80 valence electrons. The molecule has 1 heterocycles. The lowest BCUT2D eigenvalue weighted by Crippen LogP contribution is -2.08. The molecule has 0 fully saturated rings. The fourth-order valence-corrected chi connectivity index (χ4v) is 1.12. The van der Waals surface area contributed by atoms with Gasteiger partial charge in [-0.2, -0.15) is 5.26 Å². The topological polar surface area (TPSA) is 70.8 Å². The van der Waals surface area contributed by atoms with Crippen LogP contribution in [0.5, 0.6) is 0 Å². The third-order valence-corrected chi connectivity index (χ3v) is 1.78. The molecule has 0 aliphatic heterocycles. The van der Waals surface area contributed by atoms with Crippen molar-refractivity contribution in [1.29, 1.82) is 5.26 Å². The van der Waals surface area contributed by atoms with Crippen LogP contribution in [0.1, 0.15) is 17.8 Å². The number of rotatable bonds is 5. The lowest BCUT2D eigenvalue weighted by atomic mass is 10.3. The van der Waals surface area contributed by atoms with Gasteiger partial charge in [-0.05, 0) is 19.4 Å². The van der Waals surface area contributed by atoms with E-state index in [0.29, 0.717) is 18.2 Å². The smallest absolute Gasteiger partial charge is 0.224 e. The molecule has 0 aromatic carbocycles. The van der Waals surface area contributed by atoms with E-state index in [-0.39, 0.29) is 0 Å². The number of aromatic nitrogens is 2. The van der Waals surface area contributed by atoms with E-state index >= 15 is 0 Å². The van der Waals surface area contributed by atoms with E-state index in [1.807, 2.05) is 13.0 Å². The van der Waals surface area contributed by atoms with Gasteiger partial charge in [0.25, 0.3) is 0 Å². The standard InChI is InChI=1S/C10H14N4O/c1-8-6-9(7-11)14-10(13-8)12-4-3-5-15-2/h6H,3-5H2,1-2H3,(H,12,13,14). The van der Waals surface area contributed by atoms with Crippen molar-refractivity contribution >= 4 is 5.95 Å². The molecule has 15 heavy (non-hydrogen) atoms. The van der Waals surface area contributed by atoms with Crippen molar-refractivity contribution in [3.8, 4) is 6.07 Å². The predicted octanol–water partition coefficient (Wildman–Crippen LogP) is 1.11. The van der Waals surface area contributed by atoms with Gasteiger partial charge in [-0.3, -0.25) is 0 Å². The minimum Gasteiger partial charge on any atom is -0.385 e. The molecule has 0 unspecified atom stereocenters. The van der Waals surface area contributed by atoms with Gasteiger partial charge in [0.2, 0.25) is 5.95 Å². The molecule has 0 amide bonds. The van der Waals surface area contributed by atoms with Crippen LogP contribution in [-0.4, -0.2) is 30.2 Å². The molecule has 0 spiro atoms. The monoisotopic (exact) mass is 206 g/mol. The summed E-state index contributed by atoms with van der Waals surface area (Å²) in [5.74, 6) is 0.502. The van der Waals surface area contributed by atoms with E-state index in [2.05, 4.69) is 15.3 Å². The summed E-state index contributed by atoms with van der Waals surface area (Å²) in [6.45, 7) is 3.27. The molecule has 0 atom stereocenters. The van der Waals surface area contributed by atoms with Crippen LogP contribution < -0.4 is 5.32 Å². The van der Waals surface area contributed by atoms with Crippen molar-refractivity contribution in [2.75, 3.05) is 25.6 Å². The Morgan fingerprint density at radius 2 is 2.33 bits per heavy atom. The number of anilines is 1.